The van der Waals surface area contributed by atoms with Crippen LogP contribution in [0.1, 0.15) is 49.2 Å². The molecule has 0 spiro atoms. The van der Waals surface area contributed by atoms with Gasteiger partial charge in [0.2, 0.25) is 0 Å². The van der Waals surface area contributed by atoms with Crippen molar-refractivity contribution in [3.8, 4) is 0 Å². The predicted molar refractivity (Wildman–Crippen MR) is 144 cm³/mol. The van der Waals surface area contributed by atoms with Crippen molar-refractivity contribution in [2.24, 2.45) is 10.7 Å². The van der Waals surface area contributed by atoms with Crippen molar-refractivity contribution in [3.63, 3.8) is 0 Å². The van der Waals surface area contributed by atoms with Crippen LogP contribution in [0.3, 0.4) is 0 Å². The van der Waals surface area contributed by atoms with E-state index in [0.717, 1.165) is 28.4 Å². The lowest BCUT2D eigenvalue weighted by atomic mass is 10.1. The van der Waals surface area contributed by atoms with E-state index in [0.29, 0.717) is 13.1 Å². The molecule has 1 heterocycles. The number of halogens is 2. The number of rotatable bonds is 10. The summed E-state index contributed by atoms with van der Waals surface area (Å²) in [5, 5.41) is 6.03. The molecule has 0 unspecified atom stereocenters. The van der Waals surface area contributed by atoms with Crippen LogP contribution in [0.25, 0.3) is 0 Å². The standard InChI is InChI=1S/C23H29ClIN7O/c1-3-7-15(4-2)8-5-6-13-28-23(27)32-22(33)18-20(26)31-21(19(24)30-18)29-14-16-9-11-17(25)12-10-16/h3-4,7,9-12H,5-6,8,13-14H2,1-2H3,(H3,26,29,31)(H3,27,28,32,33)/b7-3-,15-4+. The molecule has 1 amide bonds. The van der Waals surface area contributed by atoms with Crippen LogP contribution in [0.5, 0.6) is 0 Å². The van der Waals surface area contributed by atoms with Crippen LogP contribution in [-0.4, -0.2) is 28.4 Å². The minimum atomic E-state index is -0.708. The number of nitrogen functional groups attached to an aromatic ring is 1. The average Bonchev–Trinajstić information content (AvgIpc) is 2.79. The van der Waals surface area contributed by atoms with Gasteiger partial charge in [-0.15, -0.1) is 0 Å². The molecule has 176 valence electrons. The lowest BCUT2D eigenvalue weighted by Crippen LogP contribution is -2.33. The number of nitrogens with zero attached hydrogens (tertiary/aromatic N) is 3. The van der Waals surface area contributed by atoms with Crippen LogP contribution in [0.4, 0.5) is 11.6 Å². The fraction of sp³-hybridized carbons (Fsp3) is 0.304. The average molecular weight is 582 g/mol. The van der Waals surface area contributed by atoms with Crippen molar-refractivity contribution < 1.29 is 4.79 Å². The number of hydrogen-bond donors (Lipinski definition) is 4. The van der Waals surface area contributed by atoms with Crippen LogP contribution in [0, 0.1) is 3.57 Å². The molecule has 2 aromatic rings. The van der Waals surface area contributed by atoms with E-state index in [9.17, 15) is 4.79 Å². The highest BCUT2D eigenvalue weighted by Crippen LogP contribution is 2.22. The molecule has 0 radical (unpaired) electrons. The summed E-state index contributed by atoms with van der Waals surface area (Å²) in [4.78, 5) is 24.5. The number of allylic oxidation sites excluding steroid dienone is 4. The van der Waals surface area contributed by atoms with E-state index in [2.05, 4.69) is 60.3 Å². The van der Waals surface area contributed by atoms with Gasteiger partial charge in [0.25, 0.3) is 0 Å². The number of amides is 1. The molecule has 0 aliphatic heterocycles. The highest BCUT2D eigenvalue weighted by Gasteiger charge is 2.17. The summed E-state index contributed by atoms with van der Waals surface area (Å²) in [5.41, 5.74) is 13.9. The Bertz CT molecular complexity index is 1040. The van der Waals surface area contributed by atoms with Gasteiger partial charge >= 0.3 is 5.91 Å². The lowest BCUT2D eigenvalue weighted by Gasteiger charge is -2.10. The number of benzene rings is 1. The summed E-state index contributed by atoms with van der Waals surface area (Å²) in [6.07, 6.45) is 9.07. The van der Waals surface area contributed by atoms with Crippen LogP contribution < -0.4 is 22.1 Å². The maximum atomic E-state index is 12.5. The van der Waals surface area contributed by atoms with Gasteiger partial charge in [-0.05, 0) is 73.4 Å². The Labute approximate surface area is 213 Å². The SMILES string of the molecule is C/C=C\C(=C/C)CCCCN/C(N)=N/C(=O)c1nc(Cl)c(NCc2ccc(I)cc2)nc1N. The molecule has 0 bridgehead atoms. The summed E-state index contributed by atoms with van der Waals surface area (Å²) in [6.45, 7) is 5.10. The zero-order valence-corrected chi connectivity index (χ0v) is 21.7. The fourth-order valence-electron chi connectivity index (χ4n) is 2.90. The van der Waals surface area contributed by atoms with Gasteiger partial charge in [-0.1, -0.05) is 47.5 Å². The number of aromatic nitrogens is 2. The monoisotopic (exact) mass is 581 g/mol. The van der Waals surface area contributed by atoms with E-state index in [1.165, 1.54) is 5.57 Å². The maximum absolute atomic E-state index is 12.5. The molecule has 0 atom stereocenters. The van der Waals surface area contributed by atoms with Crippen molar-refractivity contribution >= 4 is 57.7 Å². The Morgan fingerprint density at radius 2 is 1.94 bits per heavy atom. The number of aliphatic imine (C=N–C) groups is 1. The summed E-state index contributed by atoms with van der Waals surface area (Å²) in [5.74, 6) is -0.495. The molecule has 0 saturated heterocycles. The Morgan fingerprint density at radius 1 is 1.21 bits per heavy atom. The minimum absolute atomic E-state index is 0.00190. The first-order chi connectivity index (χ1) is 15.8. The molecule has 0 aliphatic carbocycles. The topological polar surface area (TPSA) is 131 Å². The van der Waals surface area contributed by atoms with E-state index < -0.39 is 5.91 Å². The molecule has 2 rings (SSSR count). The second-order valence-electron chi connectivity index (χ2n) is 7.13. The minimum Gasteiger partial charge on any atom is -0.382 e. The second kappa shape index (κ2) is 13.8. The van der Waals surface area contributed by atoms with Crippen LogP contribution in [-0.2, 0) is 6.54 Å². The molecular weight excluding hydrogens is 553 g/mol. The van der Waals surface area contributed by atoms with Gasteiger partial charge in [-0.25, -0.2) is 9.97 Å². The summed E-state index contributed by atoms with van der Waals surface area (Å²) in [7, 11) is 0. The summed E-state index contributed by atoms with van der Waals surface area (Å²) < 4.78 is 1.14. The summed E-state index contributed by atoms with van der Waals surface area (Å²) in [6, 6.07) is 7.98. The number of anilines is 2. The van der Waals surface area contributed by atoms with Crippen molar-refractivity contribution in [1.29, 1.82) is 0 Å². The van der Waals surface area contributed by atoms with Gasteiger partial charge in [0.15, 0.2) is 28.4 Å². The fourth-order valence-corrected chi connectivity index (χ4v) is 3.45. The zero-order valence-electron chi connectivity index (χ0n) is 18.7. The molecule has 10 heteroatoms. The van der Waals surface area contributed by atoms with E-state index >= 15 is 0 Å². The van der Waals surface area contributed by atoms with E-state index in [1.54, 1.807) is 0 Å². The van der Waals surface area contributed by atoms with Gasteiger partial charge in [-0.2, -0.15) is 4.99 Å². The third kappa shape index (κ3) is 9.01. The Hall–Kier alpha value is -2.66. The second-order valence-corrected chi connectivity index (χ2v) is 8.73. The lowest BCUT2D eigenvalue weighted by molar-refractivity contribution is 0.0998. The Kier molecular flexibility index (Phi) is 11.1. The van der Waals surface area contributed by atoms with E-state index in [-0.39, 0.29) is 28.4 Å². The molecule has 8 nitrogen and oxygen atoms in total. The third-order valence-electron chi connectivity index (χ3n) is 4.63. The first kappa shape index (κ1) is 26.6. The molecule has 33 heavy (non-hydrogen) atoms. The molecule has 0 aliphatic rings. The van der Waals surface area contributed by atoms with E-state index in [1.807, 2.05) is 44.2 Å². The smallest absolute Gasteiger partial charge is 0.302 e. The first-order valence-electron chi connectivity index (χ1n) is 10.6. The van der Waals surface area contributed by atoms with Crippen LogP contribution >= 0.6 is 34.2 Å². The number of nitrogens with two attached hydrogens (primary N) is 2. The highest BCUT2D eigenvalue weighted by molar-refractivity contribution is 14.1. The van der Waals surface area contributed by atoms with Crippen molar-refractivity contribution in [2.75, 3.05) is 17.6 Å². The van der Waals surface area contributed by atoms with Crippen molar-refractivity contribution in [1.82, 2.24) is 15.3 Å². The number of unbranched alkanes of at least 4 members (excludes halogenated alkanes) is 1. The first-order valence-corrected chi connectivity index (χ1v) is 12.0. The highest BCUT2D eigenvalue weighted by atomic mass is 127. The number of hydrogen-bond acceptors (Lipinski definition) is 5. The van der Waals surface area contributed by atoms with Gasteiger partial charge in [0, 0.05) is 16.7 Å². The maximum Gasteiger partial charge on any atom is 0.302 e. The van der Waals surface area contributed by atoms with Gasteiger partial charge in [0.1, 0.15) is 0 Å². The third-order valence-corrected chi connectivity index (χ3v) is 5.61. The van der Waals surface area contributed by atoms with E-state index in [4.69, 9.17) is 23.1 Å². The number of carbonyl (C=O) groups excluding carboxylic acids is 1. The van der Waals surface area contributed by atoms with Gasteiger partial charge in [-0.3, -0.25) is 4.79 Å². The number of carbonyl (C=O) groups is 1. The van der Waals surface area contributed by atoms with Gasteiger partial charge < -0.3 is 22.1 Å². The molecule has 0 saturated carbocycles. The van der Waals surface area contributed by atoms with Crippen molar-refractivity contribution in [2.45, 2.75) is 39.7 Å². The number of guanidine groups is 1. The van der Waals surface area contributed by atoms with Gasteiger partial charge in [0.05, 0.1) is 0 Å². The van der Waals surface area contributed by atoms with Crippen molar-refractivity contribution in [3.05, 3.63) is 68.0 Å². The molecule has 1 aromatic heterocycles. The predicted octanol–water partition coefficient (Wildman–Crippen LogP) is 4.67. The quantitative estimate of drug-likeness (QED) is 0.105. The Morgan fingerprint density at radius 3 is 2.61 bits per heavy atom. The number of nitrogens with one attached hydrogen (secondary N) is 2. The Balaban J connectivity index is 1.90. The molecule has 1 aromatic carbocycles. The largest absolute Gasteiger partial charge is 0.382 e. The molecule has 6 N–H and O–H groups in total. The zero-order chi connectivity index (χ0) is 24.2. The van der Waals surface area contributed by atoms with Crippen LogP contribution in [0.15, 0.2) is 53.1 Å². The normalized spacial score (nSPS) is 12.2. The van der Waals surface area contributed by atoms with Crippen LogP contribution in [0.2, 0.25) is 5.15 Å². The molecular formula is C23H29ClIN7O. The summed E-state index contributed by atoms with van der Waals surface area (Å²) >= 11 is 8.44. The molecule has 0 fully saturated rings.